The van der Waals surface area contributed by atoms with Gasteiger partial charge in [-0.1, -0.05) is 64.8 Å². The number of rotatable bonds is 13. The molecule has 0 heterocycles. The number of carbonyl (C=O) groups excluding carboxylic acids is 7. The summed E-state index contributed by atoms with van der Waals surface area (Å²) in [7, 11) is 0. The molecule has 4 N–H and O–H groups in total. The van der Waals surface area contributed by atoms with E-state index in [0.717, 1.165) is 11.1 Å². The number of carbonyl (C=O) groups is 8. The monoisotopic (exact) mass is 930 g/mol. The molecule has 15 heteroatoms. The summed E-state index contributed by atoms with van der Waals surface area (Å²) < 4.78 is 16.8. The van der Waals surface area contributed by atoms with Gasteiger partial charge in [-0.2, -0.15) is 0 Å². The van der Waals surface area contributed by atoms with E-state index in [2.05, 4.69) is 13.8 Å². The van der Waals surface area contributed by atoms with Crippen LogP contribution in [0.15, 0.2) is 47.6 Å². The molecule has 8 aliphatic rings. The van der Waals surface area contributed by atoms with Gasteiger partial charge in [0.2, 0.25) is 11.6 Å². The van der Waals surface area contributed by atoms with Gasteiger partial charge in [-0.05, 0) is 111 Å². The van der Waals surface area contributed by atoms with Crippen LogP contribution in [0.1, 0.15) is 119 Å². The van der Waals surface area contributed by atoms with Crippen molar-refractivity contribution in [2.45, 2.75) is 142 Å². The standard InChI is InChI=1S/C52H66O15/c1-27-19-31-33-13-17-51(63,49(33,5)23-37(55)45(31)47(3)15-11-29(53)21-35(27)47)39(56)25-66-43(61)9-10-44(62)67-38-24-50(6)34(14-18-52(50,64)40(57)26-65-42(60)8-7-41(58)59)32-20-28(2)36-22-30(54)12-16-48(36,4)46(32)38/h11-12,15-16,21-22,27-28,31-34,37-38,45-46,55,63-64H,7-10,13-14,17-20,23-26H2,1-6H3,(H,58,59)/t27-,28-,31-,32-,33-,34-,37-,38-,45+,46+,47-,48-,49-,50-,51-,52-/m0/s1. The zero-order valence-electron chi connectivity index (χ0n) is 39.4. The zero-order valence-corrected chi connectivity index (χ0v) is 39.4. The first-order valence-corrected chi connectivity index (χ1v) is 24.2. The van der Waals surface area contributed by atoms with E-state index in [-0.39, 0.29) is 84.6 Å². The maximum absolute atomic E-state index is 14.0. The molecular weight excluding hydrogens is 865 g/mol. The minimum Gasteiger partial charge on any atom is -0.481 e. The van der Waals surface area contributed by atoms with Crippen LogP contribution in [0.4, 0.5) is 0 Å². The van der Waals surface area contributed by atoms with Crippen LogP contribution in [0.5, 0.6) is 0 Å². The summed E-state index contributed by atoms with van der Waals surface area (Å²) in [5.41, 5.74) is -5.38. The van der Waals surface area contributed by atoms with Crippen molar-refractivity contribution in [2.75, 3.05) is 13.2 Å². The fourth-order valence-corrected chi connectivity index (χ4v) is 15.8. The van der Waals surface area contributed by atoms with Crippen molar-refractivity contribution in [2.24, 2.45) is 69.0 Å². The maximum atomic E-state index is 14.0. The predicted molar refractivity (Wildman–Crippen MR) is 237 cm³/mol. The highest BCUT2D eigenvalue weighted by atomic mass is 16.6. The Bertz CT molecular complexity index is 2290. The minimum atomic E-state index is -1.98. The normalized spacial score (nSPS) is 43.5. The third kappa shape index (κ3) is 7.73. The molecule has 0 aliphatic heterocycles. The summed E-state index contributed by atoms with van der Waals surface area (Å²) in [6.07, 6.45) is 9.26. The lowest BCUT2D eigenvalue weighted by Gasteiger charge is -2.61. The molecule has 0 saturated heterocycles. The lowest BCUT2D eigenvalue weighted by atomic mass is 9.44. The van der Waals surface area contributed by atoms with E-state index >= 15 is 0 Å². The first kappa shape index (κ1) is 48.8. The number of carboxylic acids is 1. The molecule has 0 aromatic heterocycles. The molecule has 0 aromatic rings. The summed E-state index contributed by atoms with van der Waals surface area (Å²) in [4.78, 5) is 103. The molecule has 6 fully saturated rings. The van der Waals surface area contributed by atoms with Gasteiger partial charge in [-0.15, -0.1) is 0 Å². The molecule has 0 spiro atoms. The summed E-state index contributed by atoms with van der Waals surface area (Å²) in [5, 5.41) is 45.3. The van der Waals surface area contributed by atoms with Crippen molar-refractivity contribution < 1.29 is 73.0 Å². The largest absolute Gasteiger partial charge is 0.481 e. The minimum absolute atomic E-state index is 0.0320. The Hall–Kier alpha value is -4.60. The van der Waals surface area contributed by atoms with E-state index in [1.54, 1.807) is 25.2 Å². The smallest absolute Gasteiger partial charge is 0.306 e. The topological polar surface area (TPSA) is 245 Å². The van der Waals surface area contributed by atoms with Gasteiger partial charge in [-0.3, -0.25) is 38.4 Å². The third-order valence-electron chi connectivity index (χ3n) is 18.9. The molecule has 67 heavy (non-hydrogen) atoms. The molecule has 0 aromatic carbocycles. The average molecular weight is 931 g/mol. The van der Waals surface area contributed by atoms with Crippen LogP contribution in [0.25, 0.3) is 0 Å². The van der Waals surface area contributed by atoms with Crippen LogP contribution in [0, 0.1) is 69.0 Å². The lowest BCUT2D eigenvalue weighted by Crippen LogP contribution is -2.63. The van der Waals surface area contributed by atoms with Gasteiger partial charge in [0.05, 0.1) is 31.8 Å². The average Bonchev–Trinajstić information content (AvgIpc) is 3.69. The maximum Gasteiger partial charge on any atom is 0.306 e. The molecule has 0 bridgehead atoms. The molecule has 0 radical (unpaired) electrons. The zero-order chi connectivity index (χ0) is 48.8. The Morgan fingerprint density at radius 1 is 0.642 bits per heavy atom. The Labute approximate surface area is 390 Å². The number of ketones is 4. The van der Waals surface area contributed by atoms with Crippen LogP contribution >= 0.6 is 0 Å². The first-order chi connectivity index (χ1) is 31.3. The van der Waals surface area contributed by atoms with Crippen molar-refractivity contribution in [3.05, 3.63) is 47.6 Å². The van der Waals surface area contributed by atoms with Gasteiger partial charge in [0.1, 0.15) is 17.3 Å². The Morgan fingerprint density at radius 3 is 1.57 bits per heavy atom. The second-order valence-electron chi connectivity index (χ2n) is 22.3. The Morgan fingerprint density at radius 2 is 1.07 bits per heavy atom. The molecule has 0 unspecified atom stereocenters. The summed E-state index contributed by atoms with van der Waals surface area (Å²) in [6.45, 7) is 10.3. The summed E-state index contributed by atoms with van der Waals surface area (Å²) in [6, 6.07) is 0. The number of hydrogen-bond donors (Lipinski definition) is 4. The molecule has 15 nitrogen and oxygen atoms in total. The van der Waals surface area contributed by atoms with E-state index in [9.17, 15) is 53.7 Å². The van der Waals surface area contributed by atoms with Crippen molar-refractivity contribution in [3.63, 3.8) is 0 Å². The number of aliphatic carboxylic acids is 1. The second kappa shape index (κ2) is 17.1. The van der Waals surface area contributed by atoms with Crippen LogP contribution in [0.2, 0.25) is 0 Å². The third-order valence-corrected chi connectivity index (χ3v) is 18.9. The molecule has 6 saturated carbocycles. The number of Topliss-reactive ketones (excluding diaryl/α,β-unsaturated/α-hetero) is 2. The van der Waals surface area contributed by atoms with E-state index in [1.165, 1.54) is 6.08 Å². The van der Waals surface area contributed by atoms with Gasteiger partial charge in [-0.25, -0.2) is 0 Å². The molecule has 16 atom stereocenters. The van der Waals surface area contributed by atoms with Crippen LogP contribution in [0.3, 0.4) is 0 Å². The molecular formula is C52H66O15. The number of fused-ring (bicyclic) bond motifs is 10. The number of carboxylic acid groups (broad SMARTS) is 1. The highest BCUT2D eigenvalue weighted by molar-refractivity contribution is 6.02. The number of aliphatic hydroxyl groups excluding tert-OH is 1. The van der Waals surface area contributed by atoms with E-state index < -0.39 is 119 Å². The number of hydrogen-bond acceptors (Lipinski definition) is 14. The van der Waals surface area contributed by atoms with Gasteiger partial charge >= 0.3 is 23.9 Å². The second-order valence-corrected chi connectivity index (χ2v) is 22.3. The Balaban J connectivity index is 0.935. The van der Waals surface area contributed by atoms with Crippen LogP contribution in [-0.4, -0.2) is 104 Å². The molecule has 8 aliphatic carbocycles. The van der Waals surface area contributed by atoms with E-state index in [1.807, 2.05) is 32.9 Å². The summed E-state index contributed by atoms with van der Waals surface area (Å²) in [5.74, 6) is -6.46. The Kier molecular flexibility index (Phi) is 12.5. The fraction of sp³-hybridized carbons (Fsp3) is 0.692. The van der Waals surface area contributed by atoms with Crippen molar-refractivity contribution in [1.29, 1.82) is 0 Å². The van der Waals surface area contributed by atoms with Gasteiger partial charge in [0.15, 0.2) is 24.8 Å². The molecule has 364 valence electrons. The van der Waals surface area contributed by atoms with Crippen molar-refractivity contribution in [1.82, 2.24) is 0 Å². The number of aliphatic hydroxyl groups is 3. The molecule has 0 amide bonds. The van der Waals surface area contributed by atoms with Crippen LogP contribution in [-0.2, 0) is 52.6 Å². The molecule has 8 rings (SSSR count). The van der Waals surface area contributed by atoms with Gasteiger partial charge in [0, 0.05) is 33.5 Å². The van der Waals surface area contributed by atoms with Crippen molar-refractivity contribution >= 4 is 47.0 Å². The predicted octanol–water partition coefficient (Wildman–Crippen LogP) is 4.92. The van der Waals surface area contributed by atoms with Crippen LogP contribution < -0.4 is 0 Å². The van der Waals surface area contributed by atoms with E-state index in [0.29, 0.717) is 25.7 Å². The quantitative estimate of drug-likeness (QED) is 0.142. The first-order valence-electron chi connectivity index (χ1n) is 24.2. The van der Waals surface area contributed by atoms with Gasteiger partial charge < -0.3 is 34.6 Å². The highest BCUT2D eigenvalue weighted by Crippen LogP contribution is 2.70. The van der Waals surface area contributed by atoms with E-state index in [4.69, 9.17) is 19.3 Å². The number of ether oxygens (including phenoxy) is 3. The fourth-order valence-electron chi connectivity index (χ4n) is 15.8. The SMILES string of the molecule is C[C@H]1C[C@@H]2[C@H]([C@@H](OC(=O)CCC(=O)OCC(=O)[C@@]3(O)CC[C@H]4[C@@H]5C[C@H](C)C6=CC(=O)C=C[C@]6(C)[C@H]5[C@@H](O)C[C@@]43C)C[C@@]3(C)[C@H]2CC[C@]3(O)C(=O)COC(=O)CCC(=O)O)[C@@]2(C)C=CC(=O)C=C12. The highest BCUT2D eigenvalue weighted by Gasteiger charge is 2.71. The number of allylic oxidation sites excluding steroid dienone is 8. The lowest BCUT2D eigenvalue weighted by molar-refractivity contribution is -0.195. The van der Waals surface area contributed by atoms with Gasteiger partial charge in [0.25, 0.3) is 0 Å². The van der Waals surface area contributed by atoms with Crippen molar-refractivity contribution in [3.8, 4) is 0 Å². The summed E-state index contributed by atoms with van der Waals surface area (Å²) >= 11 is 0. The number of esters is 3.